The SMILES string of the molecule is CC[C@@H]1C=CCC[C@]2(C[C@H]3CC[C@H]4[C@@H](C(=O)OC(C)CCCCCCCCCCCCCCC(O)C(=O)NCCCN)[C@@]5(CCCCO5)NC(N2)[NH+]34)O1. The molecule has 2 spiro atoms. The van der Waals surface area contributed by atoms with Gasteiger partial charge in [-0.2, -0.15) is 0 Å². The van der Waals surface area contributed by atoms with E-state index in [9.17, 15) is 14.7 Å². The Bertz CT molecular complexity index is 1140. The third-order valence-electron chi connectivity index (χ3n) is 12.9. The fourth-order valence-electron chi connectivity index (χ4n) is 10.0. The monoisotopic (exact) mass is 747 g/mol. The van der Waals surface area contributed by atoms with Crippen LogP contribution in [-0.4, -0.2) is 84.8 Å². The third kappa shape index (κ3) is 11.9. The van der Waals surface area contributed by atoms with E-state index < -0.39 is 11.8 Å². The minimum absolute atomic E-state index is 0.00113. The summed E-state index contributed by atoms with van der Waals surface area (Å²) < 4.78 is 19.7. The van der Waals surface area contributed by atoms with Crippen LogP contribution in [0.1, 0.15) is 168 Å². The average Bonchev–Trinajstić information content (AvgIpc) is 3.45. The topological polar surface area (TPSA) is 149 Å². The zero-order chi connectivity index (χ0) is 37.5. The van der Waals surface area contributed by atoms with Crippen molar-refractivity contribution in [3.8, 4) is 0 Å². The molecule has 4 fully saturated rings. The number of ether oxygens (including phenoxy) is 3. The molecule has 304 valence electrons. The number of nitrogens with two attached hydrogens (primary N) is 1. The number of aliphatic hydroxyl groups excluding tert-OH is 1. The smallest absolute Gasteiger partial charge is 0.319 e. The van der Waals surface area contributed by atoms with Gasteiger partial charge in [-0.05, 0) is 77.7 Å². The van der Waals surface area contributed by atoms with E-state index in [1.807, 2.05) is 0 Å². The number of quaternary nitrogens is 1. The second kappa shape index (κ2) is 21.6. The highest BCUT2D eigenvalue weighted by molar-refractivity contribution is 5.80. The van der Waals surface area contributed by atoms with Crippen LogP contribution in [0, 0.1) is 5.92 Å². The number of rotatable bonds is 22. The van der Waals surface area contributed by atoms with Gasteiger partial charge < -0.3 is 35.3 Å². The Kier molecular flexibility index (Phi) is 17.4. The Balaban J connectivity index is 0.955. The first-order valence-electron chi connectivity index (χ1n) is 22.1. The van der Waals surface area contributed by atoms with Gasteiger partial charge in [0.05, 0.1) is 18.2 Å². The Labute approximate surface area is 320 Å². The number of amides is 1. The van der Waals surface area contributed by atoms with Crippen LogP contribution in [-0.2, 0) is 23.8 Å². The van der Waals surface area contributed by atoms with Crippen molar-refractivity contribution in [1.82, 2.24) is 16.0 Å². The summed E-state index contributed by atoms with van der Waals surface area (Å²) in [5.41, 5.74) is 4.41. The molecule has 5 rings (SSSR count). The van der Waals surface area contributed by atoms with Crippen molar-refractivity contribution in [1.29, 1.82) is 0 Å². The molecule has 5 aliphatic heterocycles. The number of aliphatic hydroxyl groups is 1. The first kappa shape index (κ1) is 42.5. The lowest BCUT2D eigenvalue weighted by molar-refractivity contribution is -0.985. The summed E-state index contributed by atoms with van der Waals surface area (Å²) >= 11 is 0. The zero-order valence-corrected chi connectivity index (χ0v) is 33.4. The van der Waals surface area contributed by atoms with Crippen molar-refractivity contribution in [3.63, 3.8) is 0 Å². The van der Waals surface area contributed by atoms with Crippen LogP contribution < -0.4 is 26.6 Å². The Hall–Kier alpha value is -1.60. The summed E-state index contributed by atoms with van der Waals surface area (Å²) in [4.78, 5) is 27.4. The molecule has 0 aromatic rings. The molecule has 0 aromatic carbocycles. The highest BCUT2D eigenvalue weighted by Crippen LogP contribution is 2.41. The highest BCUT2D eigenvalue weighted by atomic mass is 16.6. The number of carbonyl (C=O) groups is 2. The fourth-order valence-corrected chi connectivity index (χ4v) is 10.0. The molecule has 5 heterocycles. The summed E-state index contributed by atoms with van der Waals surface area (Å²) in [5.74, 6) is -0.631. The average molecular weight is 747 g/mol. The maximum absolute atomic E-state index is 14.2. The molecule has 0 radical (unpaired) electrons. The molecule has 7 N–H and O–H groups in total. The van der Waals surface area contributed by atoms with E-state index >= 15 is 0 Å². The Morgan fingerprint density at radius 2 is 1.66 bits per heavy atom. The van der Waals surface area contributed by atoms with Gasteiger partial charge in [0.25, 0.3) is 0 Å². The predicted octanol–water partition coefficient (Wildman–Crippen LogP) is 4.86. The molecule has 11 heteroatoms. The van der Waals surface area contributed by atoms with Crippen molar-refractivity contribution in [2.75, 3.05) is 19.7 Å². The van der Waals surface area contributed by atoms with Gasteiger partial charge in [0.2, 0.25) is 12.2 Å². The van der Waals surface area contributed by atoms with Gasteiger partial charge in [0.1, 0.15) is 23.6 Å². The van der Waals surface area contributed by atoms with E-state index in [-0.39, 0.29) is 48.1 Å². The number of hydrogen-bond acceptors (Lipinski definition) is 9. The molecule has 10 atom stereocenters. The van der Waals surface area contributed by atoms with E-state index in [1.165, 1.54) is 62.7 Å². The van der Waals surface area contributed by atoms with E-state index in [1.54, 1.807) is 0 Å². The predicted molar refractivity (Wildman–Crippen MR) is 208 cm³/mol. The number of hydrogen-bond donors (Lipinski definition) is 6. The first-order valence-corrected chi connectivity index (χ1v) is 22.1. The number of unbranched alkanes of at least 4 members (excludes halogenated alkanes) is 11. The summed E-state index contributed by atoms with van der Waals surface area (Å²) in [6.45, 7) is 6.03. The molecule has 4 saturated heterocycles. The highest BCUT2D eigenvalue weighted by Gasteiger charge is 2.66. The number of esters is 1. The molecular weight excluding hydrogens is 670 g/mol. The molecule has 1 amide bonds. The standard InChI is InChI=1S/C42H75N5O6/c1-3-34-22-16-17-26-41(53-34)31-33-24-25-35-37(42(27-18-19-30-51-42)46-40(45-41)47(33)35)39(50)52-32(2)21-14-12-10-8-6-4-5-7-9-11-13-15-23-36(48)38(49)44-29-20-28-43/h16,22,32-37,40,45-46,48H,3-15,17-21,23-31,43H2,1-2H3,(H,44,49)/p+1/t32?,33-,34-,35+,36?,37+,40?,41-,42+/m1/s1. The van der Waals surface area contributed by atoms with Gasteiger partial charge in [0, 0.05) is 32.4 Å². The zero-order valence-electron chi connectivity index (χ0n) is 33.4. The second-order valence-corrected chi connectivity index (χ2v) is 17.0. The lowest BCUT2D eigenvalue weighted by Gasteiger charge is -2.57. The maximum atomic E-state index is 14.2. The summed E-state index contributed by atoms with van der Waals surface area (Å²) in [6.07, 6.45) is 29.1. The van der Waals surface area contributed by atoms with Crippen LogP contribution in [0.15, 0.2) is 12.2 Å². The fraction of sp³-hybridized carbons (Fsp3) is 0.905. The minimum Gasteiger partial charge on any atom is -0.462 e. The van der Waals surface area contributed by atoms with Crippen LogP contribution in [0.3, 0.4) is 0 Å². The minimum atomic E-state index is -0.895. The van der Waals surface area contributed by atoms with Gasteiger partial charge in [-0.25, -0.2) is 10.6 Å². The van der Waals surface area contributed by atoms with Gasteiger partial charge >= 0.3 is 5.97 Å². The van der Waals surface area contributed by atoms with Crippen LogP contribution in [0.4, 0.5) is 0 Å². The van der Waals surface area contributed by atoms with Gasteiger partial charge in [-0.3, -0.25) is 9.59 Å². The van der Waals surface area contributed by atoms with Crippen molar-refractivity contribution in [2.45, 2.75) is 216 Å². The Morgan fingerprint density at radius 1 is 0.962 bits per heavy atom. The third-order valence-corrected chi connectivity index (χ3v) is 12.9. The molecule has 0 bridgehead atoms. The van der Waals surface area contributed by atoms with Crippen molar-refractivity contribution < 1.29 is 33.8 Å². The summed E-state index contributed by atoms with van der Waals surface area (Å²) in [6, 6.07) is 0.637. The second-order valence-electron chi connectivity index (χ2n) is 17.0. The Morgan fingerprint density at radius 3 is 2.32 bits per heavy atom. The molecule has 0 saturated carbocycles. The number of carbonyl (C=O) groups excluding carboxylic acids is 2. The van der Waals surface area contributed by atoms with E-state index in [0.717, 1.165) is 89.9 Å². The maximum Gasteiger partial charge on any atom is 0.319 e. The van der Waals surface area contributed by atoms with Crippen LogP contribution in [0.25, 0.3) is 0 Å². The van der Waals surface area contributed by atoms with E-state index in [2.05, 4.69) is 41.9 Å². The van der Waals surface area contributed by atoms with Crippen molar-refractivity contribution >= 4 is 11.9 Å². The lowest BCUT2D eigenvalue weighted by atomic mass is 9.80. The summed E-state index contributed by atoms with van der Waals surface area (Å²) in [7, 11) is 0. The van der Waals surface area contributed by atoms with Crippen LogP contribution >= 0.6 is 0 Å². The molecule has 4 unspecified atom stereocenters. The van der Waals surface area contributed by atoms with Crippen LogP contribution in [0.5, 0.6) is 0 Å². The van der Waals surface area contributed by atoms with Crippen molar-refractivity contribution in [3.05, 3.63) is 12.2 Å². The van der Waals surface area contributed by atoms with E-state index in [0.29, 0.717) is 32.2 Å². The van der Waals surface area contributed by atoms with Crippen LogP contribution in [0.2, 0.25) is 0 Å². The van der Waals surface area contributed by atoms with Gasteiger partial charge in [-0.1, -0.05) is 89.7 Å². The first-order chi connectivity index (χ1) is 25.8. The molecule has 0 aliphatic carbocycles. The quantitative estimate of drug-likeness (QED) is 0.0520. The molecule has 53 heavy (non-hydrogen) atoms. The normalized spacial score (nSPS) is 33.4. The number of nitrogens with one attached hydrogen (secondary N) is 4. The number of allylic oxidation sites excluding steroid dienone is 1. The lowest BCUT2D eigenvalue weighted by Crippen LogP contribution is -3.29. The summed E-state index contributed by atoms with van der Waals surface area (Å²) in [5, 5.41) is 20.6. The molecule has 5 aliphatic rings. The van der Waals surface area contributed by atoms with Gasteiger partial charge in [-0.15, -0.1) is 0 Å². The van der Waals surface area contributed by atoms with Gasteiger partial charge in [0.15, 0.2) is 5.92 Å². The van der Waals surface area contributed by atoms with E-state index in [4.69, 9.17) is 19.9 Å². The molecule has 0 aromatic heterocycles. The molecule has 11 nitrogen and oxygen atoms in total. The largest absolute Gasteiger partial charge is 0.462 e. The van der Waals surface area contributed by atoms with Crippen molar-refractivity contribution in [2.24, 2.45) is 11.7 Å². The molecular formula is C42H76N5O6+.